The molecule has 0 saturated heterocycles. The molecule has 1 aromatic heterocycles. The largest absolute Gasteiger partial charge is 0.372 e. The van der Waals surface area contributed by atoms with Gasteiger partial charge in [0, 0.05) is 18.3 Å². The van der Waals surface area contributed by atoms with Crippen molar-refractivity contribution < 1.29 is 14.3 Å². The maximum absolute atomic E-state index is 11.7. The first-order valence-electron chi connectivity index (χ1n) is 6.18. The average molecular weight is 252 g/mol. The van der Waals surface area contributed by atoms with E-state index in [0.29, 0.717) is 24.2 Å². The van der Waals surface area contributed by atoms with Gasteiger partial charge in [0.25, 0.3) is 0 Å². The molecule has 1 rings (SSSR count). The molecule has 1 heterocycles. The number of hydrogen-bond acceptors (Lipinski definition) is 4. The molecule has 0 bridgehead atoms. The highest BCUT2D eigenvalue weighted by Crippen LogP contribution is 2.03. The molecule has 1 aromatic rings. The summed E-state index contributed by atoms with van der Waals surface area (Å²) in [6, 6.07) is 1.53. The lowest BCUT2D eigenvalue weighted by atomic mass is 10.2. The molecule has 0 aliphatic rings. The normalized spacial score (nSPS) is 10.8. The van der Waals surface area contributed by atoms with Crippen LogP contribution in [0.3, 0.4) is 0 Å². The number of carbonyl (C=O) groups excluding carboxylic acids is 2. The van der Waals surface area contributed by atoms with Crippen molar-refractivity contribution in [3.8, 4) is 0 Å². The lowest BCUT2D eigenvalue weighted by Crippen LogP contribution is -2.27. The van der Waals surface area contributed by atoms with Gasteiger partial charge >= 0.3 is 0 Å². The van der Waals surface area contributed by atoms with Gasteiger partial charge in [-0.1, -0.05) is 13.8 Å². The second kappa shape index (κ2) is 7.79. The Morgan fingerprint density at radius 1 is 1.44 bits per heavy atom. The summed E-state index contributed by atoms with van der Waals surface area (Å²) in [6.45, 7) is 7.57. The maximum atomic E-state index is 11.7. The summed E-state index contributed by atoms with van der Waals surface area (Å²) < 4.78 is 5.33. The van der Waals surface area contributed by atoms with Gasteiger partial charge in [-0.25, -0.2) is 0 Å². The molecule has 5 nitrogen and oxygen atoms in total. The molecule has 5 heteroatoms. The molecule has 0 unspecified atom stereocenters. The molecular formula is C13H20N2O3. The van der Waals surface area contributed by atoms with Crippen LogP contribution in [-0.2, 0) is 4.74 Å². The summed E-state index contributed by atoms with van der Waals surface area (Å²) in [5, 5.41) is 0. The fourth-order valence-corrected chi connectivity index (χ4v) is 1.62. The van der Waals surface area contributed by atoms with Crippen molar-refractivity contribution in [3.05, 3.63) is 23.5 Å². The van der Waals surface area contributed by atoms with Crippen molar-refractivity contribution in [1.29, 1.82) is 0 Å². The quantitative estimate of drug-likeness (QED) is 0.409. The third-order valence-corrected chi connectivity index (χ3v) is 2.83. The lowest BCUT2D eigenvalue weighted by molar-refractivity contribution is 0.0708. The highest BCUT2D eigenvalue weighted by Gasteiger charge is 2.08. The Morgan fingerprint density at radius 3 is 2.72 bits per heavy atom. The van der Waals surface area contributed by atoms with Crippen LogP contribution in [0.5, 0.6) is 0 Å². The van der Waals surface area contributed by atoms with Crippen LogP contribution in [0.2, 0.25) is 0 Å². The van der Waals surface area contributed by atoms with Crippen LogP contribution in [0.15, 0.2) is 12.3 Å². The number of H-pyrrole nitrogens is 1. The summed E-state index contributed by atoms with van der Waals surface area (Å²) in [7, 11) is 0. The summed E-state index contributed by atoms with van der Waals surface area (Å²) in [4.78, 5) is 27.1. The van der Waals surface area contributed by atoms with E-state index >= 15 is 0 Å². The van der Waals surface area contributed by atoms with Crippen molar-refractivity contribution >= 4 is 12.1 Å². The fourth-order valence-electron chi connectivity index (χ4n) is 1.62. The number of nitrogens with one attached hydrogen (secondary N) is 1. The highest BCUT2D eigenvalue weighted by atomic mass is 16.5. The van der Waals surface area contributed by atoms with Gasteiger partial charge in [0.2, 0.25) is 0 Å². The number of aromatic nitrogens is 1. The van der Waals surface area contributed by atoms with Crippen LogP contribution in [0.4, 0.5) is 0 Å². The number of rotatable bonds is 9. The van der Waals surface area contributed by atoms with E-state index in [1.54, 1.807) is 0 Å². The van der Waals surface area contributed by atoms with Gasteiger partial charge in [0.15, 0.2) is 12.1 Å². The van der Waals surface area contributed by atoms with E-state index in [0.717, 1.165) is 19.6 Å². The van der Waals surface area contributed by atoms with E-state index in [9.17, 15) is 9.59 Å². The Labute approximate surface area is 107 Å². The molecule has 100 valence electrons. The highest BCUT2D eigenvalue weighted by molar-refractivity contribution is 5.98. The first kappa shape index (κ1) is 14.6. The number of hydrogen-bond donors (Lipinski definition) is 1. The molecule has 0 atom stereocenters. The first-order chi connectivity index (χ1) is 8.71. The second-order valence-electron chi connectivity index (χ2n) is 3.96. The SMILES string of the molecule is CCN(CC)CCOCC(=O)c1c[nH]c(C=O)c1. The lowest BCUT2D eigenvalue weighted by Gasteiger charge is -2.17. The maximum Gasteiger partial charge on any atom is 0.189 e. The zero-order valence-corrected chi connectivity index (χ0v) is 10.9. The van der Waals surface area contributed by atoms with E-state index in [4.69, 9.17) is 4.74 Å². The summed E-state index contributed by atoms with van der Waals surface area (Å²) >= 11 is 0. The van der Waals surface area contributed by atoms with Crippen molar-refractivity contribution in [1.82, 2.24) is 9.88 Å². The van der Waals surface area contributed by atoms with Crippen molar-refractivity contribution in [3.63, 3.8) is 0 Å². The van der Waals surface area contributed by atoms with Crippen LogP contribution in [-0.4, -0.2) is 54.8 Å². The smallest absolute Gasteiger partial charge is 0.189 e. The number of carbonyl (C=O) groups is 2. The van der Waals surface area contributed by atoms with Gasteiger partial charge in [0.1, 0.15) is 6.61 Å². The monoisotopic (exact) mass is 252 g/mol. The van der Waals surface area contributed by atoms with Crippen molar-refractivity contribution in [2.45, 2.75) is 13.8 Å². The van der Waals surface area contributed by atoms with E-state index in [2.05, 4.69) is 23.7 Å². The summed E-state index contributed by atoms with van der Waals surface area (Å²) in [6.07, 6.45) is 2.21. The molecule has 0 spiro atoms. The summed E-state index contributed by atoms with van der Waals surface area (Å²) in [5.74, 6) is -0.112. The number of aromatic amines is 1. The Morgan fingerprint density at radius 2 is 2.17 bits per heavy atom. The molecular weight excluding hydrogens is 232 g/mol. The molecule has 0 amide bonds. The Bertz CT molecular complexity index is 383. The zero-order chi connectivity index (χ0) is 13.4. The third kappa shape index (κ3) is 4.43. The molecule has 0 radical (unpaired) electrons. The number of ether oxygens (including phenoxy) is 1. The molecule has 0 aliphatic carbocycles. The van der Waals surface area contributed by atoms with Gasteiger partial charge in [-0.15, -0.1) is 0 Å². The zero-order valence-electron chi connectivity index (χ0n) is 10.9. The van der Waals surface area contributed by atoms with Crippen LogP contribution >= 0.6 is 0 Å². The standard InChI is InChI=1S/C13H20N2O3/c1-3-15(4-2)5-6-18-10-13(17)11-7-12(9-16)14-8-11/h7-9,14H,3-6,10H2,1-2H3. The van der Waals surface area contributed by atoms with Crippen LogP contribution < -0.4 is 0 Å². The van der Waals surface area contributed by atoms with Crippen LogP contribution in [0.1, 0.15) is 34.7 Å². The molecule has 0 aromatic carbocycles. The average Bonchev–Trinajstić information content (AvgIpc) is 2.87. The van der Waals surface area contributed by atoms with Crippen molar-refractivity contribution in [2.75, 3.05) is 32.8 Å². The van der Waals surface area contributed by atoms with Gasteiger partial charge in [0.05, 0.1) is 12.3 Å². The van der Waals surface area contributed by atoms with Crippen LogP contribution in [0.25, 0.3) is 0 Å². The minimum atomic E-state index is -0.112. The predicted octanol–water partition coefficient (Wildman–Crippen LogP) is 1.37. The third-order valence-electron chi connectivity index (χ3n) is 2.83. The Hall–Kier alpha value is -1.46. The van der Waals surface area contributed by atoms with Gasteiger partial charge < -0.3 is 14.6 Å². The number of aldehydes is 1. The Kier molecular flexibility index (Phi) is 6.32. The molecule has 18 heavy (non-hydrogen) atoms. The molecule has 1 N–H and O–H groups in total. The first-order valence-corrected chi connectivity index (χ1v) is 6.18. The predicted molar refractivity (Wildman–Crippen MR) is 69.1 cm³/mol. The van der Waals surface area contributed by atoms with Gasteiger partial charge in [-0.05, 0) is 19.2 Å². The van der Waals surface area contributed by atoms with Crippen molar-refractivity contribution in [2.24, 2.45) is 0 Å². The van der Waals surface area contributed by atoms with E-state index < -0.39 is 0 Å². The minimum Gasteiger partial charge on any atom is -0.372 e. The van der Waals surface area contributed by atoms with Crippen LogP contribution in [0, 0.1) is 0 Å². The van der Waals surface area contributed by atoms with Gasteiger partial charge in [-0.3, -0.25) is 9.59 Å². The molecule has 0 aliphatic heterocycles. The number of Topliss-reactive ketones (excluding diaryl/α,β-unsaturated/α-hetero) is 1. The Balaban J connectivity index is 2.27. The number of ketones is 1. The number of nitrogens with zero attached hydrogens (tertiary/aromatic N) is 1. The summed E-state index contributed by atoms with van der Waals surface area (Å²) in [5.41, 5.74) is 0.890. The number of likely N-dealkylation sites (N-methyl/N-ethyl adjacent to an activating group) is 1. The topological polar surface area (TPSA) is 62.4 Å². The molecule has 0 saturated carbocycles. The van der Waals surface area contributed by atoms with Gasteiger partial charge in [-0.2, -0.15) is 0 Å². The van der Waals surface area contributed by atoms with E-state index in [1.807, 2.05) is 0 Å². The van der Waals surface area contributed by atoms with E-state index in [1.165, 1.54) is 12.3 Å². The fraction of sp³-hybridized carbons (Fsp3) is 0.538. The molecule has 0 fully saturated rings. The second-order valence-corrected chi connectivity index (χ2v) is 3.96. The minimum absolute atomic E-state index is 0.0530. The van der Waals surface area contributed by atoms with E-state index in [-0.39, 0.29) is 12.4 Å².